The third kappa shape index (κ3) is 4.87. The Labute approximate surface area is 153 Å². The van der Waals surface area contributed by atoms with Crippen LogP contribution in [0.2, 0.25) is 5.02 Å². The molecule has 1 aliphatic heterocycles. The number of ether oxygens (including phenoxy) is 1. The Morgan fingerprint density at radius 1 is 1.20 bits per heavy atom. The van der Waals surface area contributed by atoms with Gasteiger partial charge in [0, 0.05) is 22.5 Å². The number of rotatable bonds is 5. The Kier molecular flexibility index (Phi) is 5.79. The highest BCUT2D eigenvalue weighted by molar-refractivity contribution is 6.30. The Bertz CT molecular complexity index is 713. The average molecular weight is 361 g/mol. The second-order valence-corrected chi connectivity index (χ2v) is 6.61. The van der Waals surface area contributed by atoms with Crippen LogP contribution in [0.25, 0.3) is 0 Å². The number of nitrogens with zero attached hydrogens (tertiary/aromatic N) is 1. The van der Waals surface area contributed by atoms with Crippen molar-refractivity contribution < 1.29 is 14.4 Å². The van der Waals surface area contributed by atoms with Crippen molar-refractivity contribution in [3.63, 3.8) is 0 Å². The fraction of sp³-hybridized carbons (Fsp3) is 0.316. The lowest BCUT2D eigenvalue weighted by Gasteiger charge is -2.33. The Morgan fingerprint density at radius 2 is 1.92 bits per heavy atom. The summed E-state index contributed by atoms with van der Waals surface area (Å²) in [5, 5.41) is 3.59. The van der Waals surface area contributed by atoms with Crippen LogP contribution in [0.5, 0.6) is 5.75 Å². The maximum atomic E-state index is 12.2. The van der Waals surface area contributed by atoms with E-state index in [0.717, 1.165) is 37.6 Å². The van der Waals surface area contributed by atoms with Gasteiger partial charge in [0.05, 0.1) is 33.3 Å². The summed E-state index contributed by atoms with van der Waals surface area (Å²) in [5.74, 6) is 0.904. The largest absolute Gasteiger partial charge is 0.497 e. The number of halogens is 1. The predicted molar refractivity (Wildman–Crippen MR) is 101 cm³/mol. The summed E-state index contributed by atoms with van der Waals surface area (Å²) in [6.07, 6.45) is 0. The van der Waals surface area contributed by atoms with Gasteiger partial charge in [-0.1, -0.05) is 17.7 Å². The van der Waals surface area contributed by atoms with Gasteiger partial charge in [-0.3, -0.25) is 4.79 Å². The molecule has 1 aliphatic rings. The molecule has 1 saturated heterocycles. The van der Waals surface area contributed by atoms with Crippen LogP contribution >= 0.6 is 11.6 Å². The first kappa shape index (κ1) is 17.6. The van der Waals surface area contributed by atoms with Crippen LogP contribution in [0.15, 0.2) is 48.5 Å². The Balaban J connectivity index is 1.48. The average Bonchev–Trinajstić information content (AvgIpc) is 2.64. The molecule has 0 aliphatic carbocycles. The zero-order valence-electron chi connectivity index (χ0n) is 14.3. The molecule has 0 saturated carbocycles. The van der Waals surface area contributed by atoms with E-state index in [2.05, 4.69) is 22.3 Å². The van der Waals surface area contributed by atoms with Crippen molar-refractivity contribution in [2.24, 2.45) is 0 Å². The molecule has 25 heavy (non-hydrogen) atoms. The van der Waals surface area contributed by atoms with Gasteiger partial charge in [-0.05, 0) is 36.4 Å². The van der Waals surface area contributed by atoms with Crippen LogP contribution in [0.4, 0.5) is 11.4 Å². The third-order valence-corrected chi connectivity index (χ3v) is 4.68. The molecular formula is C19H23ClN3O2+. The van der Waals surface area contributed by atoms with Crippen molar-refractivity contribution in [2.45, 2.75) is 0 Å². The lowest BCUT2D eigenvalue weighted by Crippen LogP contribution is -3.15. The highest BCUT2D eigenvalue weighted by Crippen LogP contribution is 2.20. The number of methoxy groups -OCH3 is 1. The maximum Gasteiger partial charge on any atom is 0.279 e. The summed E-state index contributed by atoms with van der Waals surface area (Å²) in [6, 6.07) is 15.3. The van der Waals surface area contributed by atoms with Crippen LogP contribution in [0, 0.1) is 0 Å². The molecule has 1 fully saturated rings. The normalized spacial score (nSPS) is 15.0. The van der Waals surface area contributed by atoms with Gasteiger partial charge < -0.3 is 19.9 Å². The van der Waals surface area contributed by atoms with Crippen molar-refractivity contribution in [1.29, 1.82) is 0 Å². The number of benzene rings is 2. The van der Waals surface area contributed by atoms with Crippen LogP contribution in [0.1, 0.15) is 0 Å². The van der Waals surface area contributed by atoms with Crippen molar-refractivity contribution in [2.75, 3.05) is 50.1 Å². The van der Waals surface area contributed by atoms with Gasteiger partial charge >= 0.3 is 0 Å². The molecule has 0 radical (unpaired) electrons. The molecule has 3 rings (SSSR count). The van der Waals surface area contributed by atoms with Crippen molar-refractivity contribution in [3.8, 4) is 5.75 Å². The molecular weight excluding hydrogens is 338 g/mol. The summed E-state index contributed by atoms with van der Waals surface area (Å²) in [5.41, 5.74) is 1.95. The van der Waals surface area contributed by atoms with E-state index in [4.69, 9.17) is 16.3 Å². The monoisotopic (exact) mass is 360 g/mol. The lowest BCUT2D eigenvalue weighted by molar-refractivity contribution is -0.892. The van der Waals surface area contributed by atoms with Gasteiger partial charge in [-0.25, -0.2) is 0 Å². The van der Waals surface area contributed by atoms with Crippen molar-refractivity contribution in [3.05, 3.63) is 53.6 Å². The van der Waals surface area contributed by atoms with E-state index in [-0.39, 0.29) is 5.91 Å². The van der Waals surface area contributed by atoms with E-state index in [1.807, 2.05) is 24.3 Å². The van der Waals surface area contributed by atoms with Crippen molar-refractivity contribution in [1.82, 2.24) is 0 Å². The van der Waals surface area contributed by atoms with E-state index >= 15 is 0 Å². The van der Waals surface area contributed by atoms with Crippen LogP contribution in [-0.4, -0.2) is 45.7 Å². The van der Waals surface area contributed by atoms with Gasteiger partial charge in [-0.2, -0.15) is 0 Å². The second kappa shape index (κ2) is 8.23. The summed E-state index contributed by atoms with van der Waals surface area (Å²) in [4.78, 5) is 15.8. The summed E-state index contributed by atoms with van der Waals surface area (Å²) < 4.78 is 5.29. The van der Waals surface area contributed by atoms with Gasteiger partial charge in [0.2, 0.25) is 0 Å². The molecule has 132 valence electrons. The standard InChI is InChI=1S/C19H22ClN3O2/c1-25-18-4-2-3-17(13-18)23-11-9-22(10-12-23)14-19(24)21-16-7-5-15(20)6-8-16/h2-8,13H,9-12,14H2,1H3,(H,21,24)/p+1. The van der Waals surface area contributed by atoms with Gasteiger partial charge in [-0.15, -0.1) is 0 Å². The maximum absolute atomic E-state index is 12.2. The number of hydrogen-bond donors (Lipinski definition) is 2. The first-order valence-electron chi connectivity index (χ1n) is 8.42. The highest BCUT2D eigenvalue weighted by atomic mass is 35.5. The third-order valence-electron chi connectivity index (χ3n) is 4.43. The fourth-order valence-corrected chi connectivity index (χ4v) is 3.16. The SMILES string of the molecule is COc1cccc(N2CC[NH+](CC(=O)Nc3ccc(Cl)cc3)CC2)c1. The first-order chi connectivity index (χ1) is 12.1. The number of carbonyl (C=O) groups excluding carboxylic acids is 1. The molecule has 0 spiro atoms. The predicted octanol–water partition coefficient (Wildman–Crippen LogP) is 1.69. The van der Waals surface area contributed by atoms with E-state index in [0.29, 0.717) is 11.6 Å². The van der Waals surface area contributed by atoms with Gasteiger partial charge in [0.15, 0.2) is 6.54 Å². The topological polar surface area (TPSA) is 46.0 Å². The number of piperazine rings is 1. The summed E-state index contributed by atoms with van der Waals surface area (Å²) >= 11 is 5.86. The van der Waals surface area contributed by atoms with Crippen LogP contribution in [0.3, 0.4) is 0 Å². The number of amides is 1. The molecule has 2 N–H and O–H groups in total. The number of hydrogen-bond acceptors (Lipinski definition) is 3. The Morgan fingerprint density at radius 3 is 2.60 bits per heavy atom. The molecule has 0 atom stereocenters. The molecule has 1 heterocycles. The molecule has 0 unspecified atom stereocenters. The number of carbonyl (C=O) groups is 1. The molecule has 2 aromatic rings. The second-order valence-electron chi connectivity index (χ2n) is 6.17. The lowest BCUT2D eigenvalue weighted by atomic mass is 10.2. The van der Waals surface area contributed by atoms with E-state index in [1.54, 1.807) is 19.2 Å². The minimum atomic E-state index is 0.0344. The van der Waals surface area contributed by atoms with Crippen molar-refractivity contribution >= 4 is 28.9 Å². The van der Waals surface area contributed by atoms with Crippen LogP contribution < -0.4 is 19.9 Å². The molecule has 1 amide bonds. The van der Waals surface area contributed by atoms with E-state index < -0.39 is 0 Å². The molecule has 6 heteroatoms. The van der Waals surface area contributed by atoms with E-state index in [9.17, 15) is 4.79 Å². The smallest absolute Gasteiger partial charge is 0.279 e. The number of quaternary nitrogens is 1. The number of nitrogens with one attached hydrogen (secondary N) is 2. The van der Waals surface area contributed by atoms with Gasteiger partial charge in [0.1, 0.15) is 5.75 Å². The van der Waals surface area contributed by atoms with Gasteiger partial charge in [0.25, 0.3) is 5.91 Å². The minimum absolute atomic E-state index is 0.0344. The zero-order valence-corrected chi connectivity index (χ0v) is 15.1. The molecule has 5 nitrogen and oxygen atoms in total. The molecule has 0 bridgehead atoms. The zero-order chi connectivity index (χ0) is 17.6. The Hall–Kier alpha value is -2.24. The molecule has 2 aromatic carbocycles. The molecule has 0 aromatic heterocycles. The van der Waals surface area contributed by atoms with Crippen LogP contribution in [-0.2, 0) is 4.79 Å². The first-order valence-corrected chi connectivity index (χ1v) is 8.80. The minimum Gasteiger partial charge on any atom is -0.497 e. The quantitative estimate of drug-likeness (QED) is 0.853. The number of anilines is 2. The summed E-state index contributed by atoms with van der Waals surface area (Å²) in [6.45, 7) is 4.21. The highest BCUT2D eigenvalue weighted by Gasteiger charge is 2.22. The summed E-state index contributed by atoms with van der Waals surface area (Å²) in [7, 11) is 1.68. The van der Waals surface area contributed by atoms with E-state index in [1.165, 1.54) is 10.6 Å². The fourth-order valence-electron chi connectivity index (χ4n) is 3.03.